The van der Waals surface area contributed by atoms with Gasteiger partial charge in [0, 0.05) is 11.4 Å². The maximum absolute atomic E-state index is 12.3. The highest BCUT2D eigenvalue weighted by Gasteiger charge is 2.16. The van der Waals surface area contributed by atoms with Crippen molar-refractivity contribution < 1.29 is 9.53 Å². The zero-order chi connectivity index (χ0) is 17.0. The molecule has 4 heteroatoms. The second-order valence-electron chi connectivity index (χ2n) is 5.99. The second-order valence-corrected chi connectivity index (χ2v) is 5.99. The third kappa shape index (κ3) is 4.25. The van der Waals surface area contributed by atoms with Crippen LogP contribution in [0.25, 0.3) is 0 Å². The quantitative estimate of drug-likeness (QED) is 0.817. The summed E-state index contributed by atoms with van der Waals surface area (Å²) in [6, 6.07) is 13.3. The molecule has 0 aromatic heterocycles. The minimum atomic E-state index is -0.597. The smallest absolute Gasteiger partial charge is 0.265 e. The van der Waals surface area contributed by atoms with Crippen molar-refractivity contribution in [3.63, 3.8) is 0 Å². The minimum absolute atomic E-state index is 0.202. The van der Waals surface area contributed by atoms with Gasteiger partial charge in [0.15, 0.2) is 6.10 Å². The molecule has 0 aliphatic rings. The molecule has 0 fully saturated rings. The third-order valence-corrected chi connectivity index (χ3v) is 3.86. The van der Waals surface area contributed by atoms with E-state index in [2.05, 4.69) is 19.2 Å². The Hall–Kier alpha value is -2.49. The number of ether oxygens (including phenoxy) is 1. The van der Waals surface area contributed by atoms with E-state index in [-0.39, 0.29) is 5.91 Å². The predicted octanol–water partition coefficient (Wildman–Crippen LogP) is 4.11. The summed E-state index contributed by atoms with van der Waals surface area (Å²) >= 11 is 0. The topological polar surface area (TPSA) is 64.3 Å². The Kier molecular flexibility index (Phi) is 5.27. The van der Waals surface area contributed by atoms with Crippen LogP contribution in [0.4, 0.5) is 11.4 Å². The van der Waals surface area contributed by atoms with Crippen LogP contribution >= 0.6 is 0 Å². The van der Waals surface area contributed by atoms with Gasteiger partial charge in [0.2, 0.25) is 0 Å². The Morgan fingerprint density at radius 2 is 1.74 bits per heavy atom. The molecule has 4 nitrogen and oxygen atoms in total. The fourth-order valence-electron chi connectivity index (χ4n) is 2.21. The Morgan fingerprint density at radius 3 is 2.35 bits per heavy atom. The highest BCUT2D eigenvalue weighted by Crippen LogP contribution is 2.22. The number of amides is 1. The van der Waals surface area contributed by atoms with Crippen LogP contribution in [0.3, 0.4) is 0 Å². The maximum Gasteiger partial charge on any atom is 0.265 e. The molecule has 2 aromatic rings. The van der Waals surface area contributed by atoms with Crippen molar-refractivity contribution in [1.29, 1.82) is 0 Å². The lowest BCUT2D eigenvalue weighted by Crippen LogP contribution is -2.30. The number of nitrogens with one attached hydrogen (secondary N) is 1. The molecule has 2 aromatic carbocycles. The molecule has 0 saturated heterocycles. The number of benzene rings is 2. The SMILES string of the molecule is Cc1c(N)cccc1NC(=O)[C@@H](C)Oc1ccc(C(C)C)cc1. The fourth-order valence-corrected chi connectivity index (χ4v) is 2.21. The summed E-state index contributed by atoms with van der Waals surface area (Å²) in [5, 5.41) is 2.86. The lowest BCUT2D eigenvalue weighted by Gasteiger charge is -2.17. The Morgan fingerprint density at radius 1 is 1.09 bits per heavy atom. The molecule has 1 amide bonds. The zero-order valence-corrected chi connectivity index (χ0v) is 14.1. The van der Waals surface area contributed by atoms with Crippen LogP contribution in [0.5, 0.6) is 5.75 Å². The van der Waals surface area contributed by atoms with E-state index < -0.39 is 6.10 Å². The van der Waals surface area contributed by atoms with E-state index in [1.165, 1.54) is 5.56 Å². The largest absolute Gasteiger partial charge is 0.481 e. The summed E-state index contributed by atoms with van der Waals surface area (Å²) in [6.07, 6.45) is -0.597. The van der Waals surface area contributed by atoms with E-state index in [4.69, 9.17) is 10.5 Å². The molecule has 2 rings (SSSR count). The van der Waals surface area contributed by atoms with Crippen molar-refractivity contribution in [2.75, 3.05) is 11.1 Å². The average Bonchev–Trinajstić information content (AvgIpc) is 2.52. The average molecular weight is 312 g/mol. The van der Waals surface area contributed by atoms with Crippen molar-refractivity contribution in [3.05, 3.63) is 53.6 Å². The monoisotopic (exact) mass is 312 g/mol. The van der Waals surface area contributed by atoms with Gasteiger partial charge < -0.3 is 15.8 Å². The molecule has 3 N–H and O–H groups in total. The van der Waals surface area contributed by atoms with E-state index in [1.807, 2.05) is 43.3 Å². The van der Waals surface area contributed by atoms with Crippen LogP contribution in [0, 0.1) is 6.92 Å². The molecule has 0 aliphatic heterocycles. The van der Waals surface area contributed by atoms with Crippen molar-refractivity contribution in [2.24, 2.45) is 0 Å². The maximum atomic E-state index is 12.3. The summed E-state index contributed by atoms with van der Waals surface area (Å²) in [6.45, 7) is 7.88. The van der Waals surface area contributed by atoms with E-state index >= 15 is 0 Å². The molecule has 0 aliphatic carbocycles. The lowest BCUT2D eigenvalue weighted by atomic mass is 10.0. The van der Waals surface area contributed by atoms with Gasteiger partial charge >= 0.3 is 0 Å². The summed E-state index contributed by atoms with van der Waals surface area (Å²) in [5.74, 6) is 0.948. The van der Waals surface area contributed by atoms with E-state index in [0.29, 0.717) is 23.0 Å². The van der Waals surface area contributed by atoms with Crippen LogP contribution in [-0.2, 0) is 4.79 Å². The number of hydrogen-bond donors (Lipinski definition) is 2. The molecule has 0 bridgehead atoms. The summed E-state index contributed by atoms with van der Waals surface area (Å²) < 4.78 is 5.71. The summed E-state index contributed by atoms with van der Waals surface area (Å²) in [4.78, 5) is 12.3. The molecule has 1 atom stereocenters. The number of hydrogen-bond acceptors (Lipinski definition) is 3. The van der Waals surface area contributed by atoms with Gasteiger partial charge in [-0.15, -0.1) is 0 Å². The number of carbonyl (C=O) groups is 1. The first-order valence-corrected chi connectivity index (χ1v) is 7.81. The number of nitrogens with two attached hydrogens (primary N) is 1. The molecule has 0 unspecified atom stereocenters. The number of nitrogen functional groups attached to an aromatic ring is 1. The summed E-state index contributed by atoms with van der Waals surface area (Å²) in [5.41, 5.74) is 9.31. The Labute approximate surface area is 137 Å². The molecular weight excluding hydrogens is 288 g/mol. The standard InChI is InChI=1S/C19H24N2O2/c1-12(2)15-8-10-16(11-9-15)23-14(4)19(22)21-18-7-5-6-17(20)13(18)3/h5-12,14H,20H2,1-4H3,(H,21,22)/t14-/m1/s1. The molecule has 0 spiro atoms. The zero-order valence-electron chi connectivity index (χ0n) is 14.1. The number of rotatable bonds is 5. The minimum Gasteiger partial charge on any atom is -0.481 e. The Bertz CT molecular complexity index is 678. The van der Waals surface area contributed by atoms with Gasteiger partial charge in [0.25, 0.3) is 5.91 Å². The fraction of sp³-hybridized carbons (Fsp3) is 0.316. The van der Waals surface area contributed by atoms with Gasteiger partial charge in [-0.25, -0.2) is 0 Å². The van der Waals surface area contributed by atoms with Crippen LogP contribution in [0.15, 0.2) is 42.5 Å². The van der Waals surface area contributed by atoms with Gasteiger partial charge in [0.1, 0.15) is 5.75 Å². The molecule has 122 valence electrons. The number of anilines is 2. The first-order chi connectivity index (χ1) is 10.9. The molecule has 23 heavy (non-hydrogen) atoms. The highest BCUT2D eigenvalue weighted by molar-refractivity contribution is 5.95. The third-order valence-electron chi connectivity index (χ3n) is 3.86. The van der Waals surface area contributed by atoms with Gasteiger partial charge in [-0.05, 0) is 55.2 Å². The molecule has 0 radical (unpaired) electrons. The van der Waals surface area contributed by atoms with E-state index in [1.54, 1.807) is 13.0 Å². The lowest BCUT2D eigenvalue weighted by molar-refractivity contribution is -0.122. The van der Waals surface area contributed by atoms with Crippen molar-refractivity contribution in [3.8, 4) is 5.75 Å². The summed E-state index contributed by atoms with van der Waals surface area (Å²) in [7, 11) is 0. The van der Waals surface area contributed by atoms with Crippen molar-refractivity contribution >= 4 is 17.3 Å². The first-order valence-electron chi connectivity index (χ1n) is 7.81. The van der Waals surface area contributed by atoms with Crippen LogP contribution in [0.1, 0.15) is 37.8 Å². The Balaban J connectivity index is 2.01. The van der Waals surface area contributed by atoms with Crippen LogP contribution in [-0.4, -0.2) is 12.0 Å². The van der Waals surface area contributed by atoms with Crippen molar-refractivity contribution in [2.45, 2.75) is 39.7 Å². The van der Waals surface area contributed by atoms with Crippen LogP contribution < -0.4 is 15.8 Å². The second kappa shape index (κ2) is 7.18. The molecular formula is C19H24N2O2. The normalized spacial score (nSPS) is 12.0. The van der Waals surface area contributed by atoms with Crippen LogP contribution in [0.2, 0.25) is 0 Å². The first kappa shape index (κ1) is 16.9. The predicted molar refractivity (Wildman–Crippen MR) is 94.8 cm³/mol. The van der Waals surface area contributed by atoms with Gasteiger partial charge in [-0.3, -0.25) is 4.79 Å². The molecule has 0 saturated carbocycles. The highest BCUT2D eigenvalue weighted by atomic mass is 16.5. The molecule has 0 heterocycles. The van der Waals surface area contributed by atoms with Gasteiger partial charge in [-0.1, -0.05) is 32.0 Å². The van der Waals surface area contributed by atoms with Gasteiger partial charge in [0.05, 0.1) is 0 Å². The van der Waals surface area contributed by atoms with E-state index in [0.717, 1.165) is 5.56 Å². The van der Waals surface area contributed by atoms with Crippen molar-refractivity contribution in [1.82, 2.24) is 0 Å². The number of carbonyl (C=O) groups excluding carboxylic acids is 1. The van der Waals surface area contributed by atoms with E-state index in [9.17, 15) is 4.79 Å². The van der Waals surface area contributed by atoms with Gasteiger partial charge in [-0.2, -0.15) is 0 Å².